The predicted octanol–water partition coefficient (Wildman–Crippen LogP) is 6.84. The maximum Gasteiger partial charge on any atom is 0.416 e. The van der Waals surface area contributed by atoms with Crippen molar-refractivity contribution in [1.29, 1.82) is 5.26 Å². The molecule has 2 aromatic heterocycles. The lowest BCUT2D eigenvalue weighted by molar-refractivity contribution is -0.137. The maximum atomic E-state index is 14.2. The van der Waals surface area contributed by atoms with Crippen molar-refractivity contribution < 1.29 is 27.1 Å². The first-order valence-corrected chi connectivity index (χ1v) is 14.6. The molecule has 1 saturated heterocycles. The van der Waals surface area contributed by atoms with Gasteiger partial charge in [-0.1, -0.05) is 30.3 Å². The van der Waals surface area contributed by atoms with E-state index >= 15 is 0 Å². The van der Waals surface area contributed by atoms with Gasteiger partial charge < -0.3 is 20.7 Å². The number of benzene rings is 3. The molecule has 1 aliphatic heterocycles. The molecule has 1 fully saturated rings. The van der Waals surface area contributed by atoms with Crippen LogP contribution in [0.1, 0.15) is 16.8 Å². The van der Waals surface area contributed by atoms with E-state index in [-0.39, 0.29) is 6.42 Å². The Balaban J connectivity index is 1.35. The molecule has 0 saturated carbocycles. The monoisotopic (exact) mass is 644 g/mol. The van der Waals surface area contributed by atoms with E-state index in [1.54, 1.807) is 28.8 Å². The molecule has 0 unspecified atom stereocenters. The molecular weight excluding hydrogens is 616 g/mol. The van der Waals surface area contributed by atoms with Crippen LogP contribution < -0.4 is 16.0 Å². The van der Waals surface area contributed by atoms with Gasteiger partial charge in [-0.3, -0.25) is 4.90 Å². The Bertz CT molecular complexity index is 1930. The first-order chi connectivity index (χ1) is 22.7. The number of ether oxygens (including phenoxy) is 1. The topological polar surface area (TPSA) is 120 Å². The van der Waals surface area contributed by atoms with Crippen molar-refractivity contribution in [3.63, 3.8) is 0 Å². The summed E-state index contributed by atoms with van der Waals surface area (Å²) in [5.74, 6) is -0.484. The van der Waals surface area contributed by atoms with Crippen molar-refractivity contribution in [1.82, 2.24) is 19.5 Å². The molecule has 3 N–H and O–H groups in total. The fourth-order valence-corrected chi connectivity index (χ4v) is 5.46. The number of amides is 2. The summed E-state index contributed by atoms with van der Waals surface area (Å²) in [4.78, 5) is 19.4. The van der Waals surface area contributed by atoms with E-state index in [9.17, 15) is 27.6 Å². The molecule has 3 aromatic carbocycles. The van der Waals surface area contributed by atoms with Crippen LogP contribution in [0.4, 0.5) is 45.2 Å². The summed E-state index contributed by atoms with van der Waals surface area (Å²) in [6, 6.07) is 19.3. The third kappa shape index (κ3) is 7.01. The quantitative estimate of drug-likeness (QED) is 0.158. The first kappa shape index (κ1) is 31.5. The molecular formula is C33H28F4N8O2. The van der Waals surface area contributed by atoms with Crippen LogP contribution in [0.25, 0.3) is 16.6 Å². The van der Waals surface area contributed by atoms with Gasteiger partial charge in [0.05, 0.1) is 42.6 Å². The fraction of sp³-hybridized carbons (Fsp3) is 0.212. The van der Waals surface area contributed by atoms with Gasteiger partial charge >= 0.3 is 12.2 Å². The lowest BCUT2D eigenvalue weighted by Gasteiger charge is -2.26. The highest BCUT2D eigenvalue weighted by molar-refractivity contribution is 6.00. The number of hydrogen-bond acceptors (Lipinski definition) is 7. The maximum absolute atomic E-state index is 14.2. The van der Waals surface area contributed by atoms with Crippen molar-refractivity contribution in [2.24, 2.45) is 0 Å². The zero-order valence-electron chi connectivity index (χ0n) is 24.8. The third-order valence-electron chi connectivity index (χ3n) is 7.68. The fourth-order valence-electron chi connectivity index (χ4n) is 5.46. The second-order valence-corrected chi connectivity index (χ2v) is 10.7. The van der Waals surface area contributed by atoms with Gasteiger partial charge in [-0.05, 0) is 53.6 Å². The first-order valence-electron chi connectivity index (χ1n) is 14.6. The van der Waals surface area contributed by atoms with Crippen molar-refractivity contribution in [2.45, 2.75) is 19.1 Å². The summed E-state index contributed by atoms with van der Waals surface area (Å²) in [5, 5.41) is 22.5. The van der Waals surface area contributed by atoms with Crippen LogP contribution in [0, 0.1) is 17.1 Å². The summed E-state index contributed by atoms with van der Waals surface area (Å²) in [6.07, 6.45) is -3.15. The highest BCUT2D eigenvalue weighted by Crippen LogP contribution is 2.38. The Kier molecular flexibility index (Phi) is 9.01. The molecule has 5 aromatic rings. The van der Waals surface area contributed by atoms with E-state index in [1.807, 2.05) is 30.3 Å². The van der Waals surface area contributed by atoms with Crippen LogP contribution in [0.2, 0.25) is 0 Å². The second kappa shape index (κ2) is 13.5. The largest absolute Gasteiger partial charge is 0.416 e. The minimum absolute atomic E-state index is 0.0914. The van der Waals surface area contributed by atoms with Crippen molar-refractivity contribution in [3.8, 4) is 17.2 Å². The smallest absolute Gasteiger partial charge is 0.379 e. The van der Waals surface area contributed by atoms with Gasteiger partial charge in [0.15, 0.2) is 5.82 Å². The SMILES string of the molecule is N#CCc1c(-c2ccc(NC(=O)Nc3cc(C(F)(F)F)ccc3F)cc2)c2c(Nc3ccccc3)ncnn2c1CN1CCOCC1. The standard InChI is InChI=1S/C33H28F4N8O2/c34-26-11-8-22(33(35,36)37)18-27(26)43-32(46)42-24-9-6-21(7-10-24)29-25(12-13-38)28(19-44-14-16-47-17-15-44)45-30(29)31(39-20-40-45)41-23-4-2-1-3-5-23/h1-11,18,20H,12,14-17,19H2,(H,39,40,41)(H2,42,43,46). The molecule has 2 amide bonds. The van der Waals surface area contributed by atoms with Gasteiger partial charge in [0, 0.05) is 36.6 Å². The summed E-state index contributed by atoms with van der Waals surface area (Å²) < 4.78 is 60.8. The highest BCUT2D eigenvalue weighted by Gasteiger charge is 2.31. The molecule has 0 aliphatic carbocycles. The number of urea groups is 1. The Hall–Kier alpha value is -5.52. The van der Waals surface area contributed by atoms with Crippen LogP contribution in [-0.2, 0) is 23.9 Å². The summed E-state index contributed by atoms with van der Waals surface area (Å²) in [6.45, 7) is 3.17. The molecule has 14 heteroatoms. The lowest BCUT2D eigenvalue weighted by Crippen LogP contribution is -2.36. The molecule has 0 spiro atoms. The van der Waals surface area contributed by atoms with Gasteiger partial charge in [-0.2, -0.15) is 23.5 Å². The number of aromatic nitrogens is 3. The number of para-hydroxylation sites is 1. The van der Waals surface area contributed by atoms with Crippen molar-refractivity contribution in [2.75, 3.05) is 42.3 Å². The number of nitriles is 1. The number of carbonyl (C=O) groups excluding carboxylic acids is 1. The Morgan fingerprint density at radius 2 is 1.72 bits per heavy atom. The number of alkyl halides is 3. The van der Waals surface area contributed by atoms with E-state index in [0.717, 1.165) is 35.6 Å². The molecule has 6 rings (SSSR count). The molecule has 0 radical (unpaired) electrons. The second-order valence-electron chi connectivity index (χ2n) is 10.7. The number of hydrogen-bond donors (Lipinski definition) is 3. The summed E-state index contributed by atoms with van der Waals surface area (Å²) in [5.41, 5.74) is 3.11. The van der Waals surface area contributed by atoms with Gasteiger partial charge in [-0.25, -0.2) is 18.7 Å². The molecule has 0 atom stereocenters. The average molecular weight is 645 g/mol. The Labute approximate surface area is 266 Å². The molecule has 3 heterocycles. The number of anilines is 4. The van der Waals surface area contributed by atoms with E-state index in [4.69, 9.17) is 4.74 Å². The van der Waals surface area contributed by atoms with Crippen molar-refractivity contribution >= 4 is 34.4 Å². The van der Waals surface area contributed by atoms with E-state index in [0.29, 0.717) is 60.5 Å². The molecule has 10 nitrogen and oxygen atoms in total. The van der Waals surface area contributed by atoms with E-state index in [2.05, 4.69) is 37.0 Å². The minimum Gasteiger partial charge on any atom is -0.379 e. The minimum atomic E-state index is -4.70. The zero-order valence-corrected chi connectivity index (χ0v) is 24.8. The van der Waals surface area contributed by atoms with Crippen LogP contribution >= 0.6 is 0 Å². The Morgan fingerprint density at radius 1 is 0.979 bits per heavy atom. The lowest BCUT2D eigenvalue weighted by atomic mass is 9.98. The highest BCUT2D eigenvalue weighted by atomic mass is 19.4. The number of fused-ring (bicyclic) bond motifs is 1. The van der Waals surface area contributed by atoms with E-state index < -0.39 is 29.3 Å². The normalized spacial score (nSPS) is 13.7. The number of halogens is 4. The van der Waals surface area contributed by atoms with Gasteiger partial charge in [-0.15, -0.1) is 0 Å². The van der Waals surface area contributed by atoms with E-state index in [1.165, 1.54) is 6.33 Å². The van der Waals surface area contributed by atoms with Gasteiger partial charge in [0.2, 0.25) is 0 Å². The average Bonchev–Trinajstić information content (AvgIpc) is 3.36. The van der Waals surface area contributed by atoms with Crippen molar-refractivity contribution in [3.05, 3.63) is 102 Å². The van der Waals surface area contributed by atoms with Crippen LogP contribution in [0.5, 0.6) is 0 Å². The molecule has 47 heavy (non-hydrogen) atoms. The molecule has 1 aliphatic rings. The molecule has 240 valence electrons. The predicted molar refractivity (Wildman–Crippen MR) is 168 cm³/mol. The number of carbonyl (C=O) groups is 1. The number of nitrogens with zero attached hydrogens (tertiary/aromatic N) is 5. The van der Waals surface area contributed by atoms with Gasteiger partial charge in [0.25, 0.3) is 0 Å². The Morgan fingerprint density at radius 3 is 2.43 bits per heavy atom. The number of rotatable bonds is 8. The third-order valence-corrected chi connectivity index (χ3v) is 7.68. The number of nitrogens with one attached hydrogen (secondary N) is 3. The molecule has 0 bridgehead atoms. The van der Waals surface area contributed by atoms with Gasteiger partial charge in [0.1, 0.15) is 17.7 Å². The van der Waals surface area contributed by atoms with Crippen LogP contribution in [-0.4, -0.2) is 51.8 Å². The zero-order chi connectivity index (χ0) is 33.0. The van der Waals surface area contributed by atoms with Crippen LogP contribution in [0.15, 0.2) is 79.1 Å². The number of morpholine rings is 1. The summed E-state index contributed by atoms with van der Waals surface area (Å²) >= 11 is 0. The summed E-state index contributed by atoms with van der Waals surface area (Å²) in [7, 11) is 0. The van der Waals surface area contributed by atoms with Crippen LogP contribution in [0.3, 0.4) is 0 Å².